The van der Waals surface area contributed by atoms with Gasteiger partial charge >= 0.3 is 0 Å². The fraction of sp³-hybridized carbons (Fsp3) is 0.478. The van der Waals surface area contributed by atoms with Crippen molar-refractivity contribution in [3.8, 4) is 0 Å². The molecule has 1 saturated heterocycles. The molecule has 5 rings (SSSR count). The van der Waals surface area contributed by atoms with E-state index in [-0.39, 0.29) is 0 Å². The number of hydrogen-bond acceptors (Lipinski definition) is 5. The minimum atomic E-state index is 0.368. The molecule has 6 heteroatoms. The van der Waals surface area contributed by atoms with Gasteiger partial charge in [-0.2, -0.15) is 0 Å². The number of aromatic nitrogens is 3. The Bertz CT molecular complexity index is 1000. The van der Waals surface area contributed by atoms with Crippen molar-refractivity contribution in [2.45, 2.75) is 31.8 Å². The summed E-state index contributed by atoms with van der Waals surface area (Å²) in [5.74, 6) is 1.12. The maximum atomic E-state index is 5.02. The Hall–Kier alpha value is -2.44. The third-order valence-electron chi connectivity index (χ3n) is 6.51. The normalized spacial score (nSPS) is 19.7. The van der Waals surface area contributed by atoms with Gasteiger partial charge in [-0.1, -0.05) is 12.1 Å². The summed E-state index contributed by atoms with van der Waals surface area (Å²) in [5.41, 5.74) is 6.30. The van der Waals surface area contributed by atoms with E-state index >= 15 is 0 Å². The molecule has 0 radical (unpaired) electrons. The van der Waals surface area contributed by atoms with Crippen molar-refractivity contribution in [1.29, 1.82) is 0 Å². The summed E-state index contributed by atoms with van der Waals surface area (Å²) in [6.45, 7) is 5.00. The lowest BCUT2D eigenvalue weighted by Gasteiger charge is -2.32. The van der Waals surface area contributed by atoms with Crippen molar-refractivity contribution in [2.75, 3.05) is 38.1 Å². The lowest BCUT2D eigenvalue weighted by atomic mass is 9.91. The van der Waals surface area contributed by atoms with Gasteiger partial charge in [0.1, 0.15) is 5.82 Å². The van der Waals surface area contributed by atoms with Crippen molar-refractivity contribution in [3.63, 3.8) is 0 Å². The van der Waals surface area contributed by atoms with Gasteiger partial charge < -0.3 is 14.8 Å². The average molecular weight is 391 g/mol. The van der Waals surface area contributed by atoms with Crippen LogP contribution in [0.4, 0.5) is 5.69 Å². The second kappa shape index (κ2) is 7.76. The minimum Gasteiger partial charge on any atom is -0.367 e. The predicted octanol–water partition coefficient (Wildman–Crippen LogP) is 2.89. The Morgan fingerprint density at radius 1 is 1.17 bits per heavy atom. The van der Waals surface area contributed by atoms with E-state index in [4.69, 9.17) is 9.97 Å². The number of para-hydroxylation sites is 1. The first-order chi connectivity index (χ1) is 14.2. The van der Waals surface area contributed by atoms with Crippen LogP contribution in [0, 0.1) is 0 Å². The topological polar surface area (TPSA) is 49.2 Å². The van der Waals surface area contributed by atoms with E-state index in [1.165, 1.54) is 28.9 Å². The maximum absolute atomic E-state index is 5.02. The summed E-state index contributed by atoms with van der Waals surface area (Å²) < 4.78 is 2.30. The largest absolute Gasteiger partial charge is 0.367 e. The number of fused-ring (bicyclic) bond motifs is 2. The molecule has 0 bridgehead atoms. The van der Waals surface area contributed by atoms with Crippen molar-refractivity contribution in [1.82, 2.24) is 24.8 Å². The molecule has 0 amide bonds. The first-order valence-electron chi connectivity index (χ1n) is 10.8. The van der Waals surface area contributed by atoms with Crippen molar-refractivity contribution >= 4 is 16.7 Å². The zero-order valence-corrected chi connectivity index (χ0v) is 17.4. The molecule has 29 heavy (non-hydrogen) atoms. The Labute approximate surface area is 172 Å². The van der Waals surface area contributed by atoms with Crippen LogP contribution in [0.3, 0.4) is 0 Å². The van der Waals surface area contributed by atoms with Gasteiger partial charge in [-0.15, -0.1) is 0 Å². The van der Waals surface area contributed by atoms with E-state index in [1.807, 2.05) is 6.20 Å². The van der Waals surface area contributed by atoms with Crippen molar-refractivity contribution in [2.24, 2.45) is 7.05 Å². The summed E-state index contributed by atoms with van der Waals surface area (Å²) in [5, 5.41) is 3.45. The molecule has 1 aromatic carbocycles. The number of aryl methyl sites for hydroxylation is 2. The number of rotatable bonds is 4. The van der Waals surface area contributed by atoms with Gasteiger partial charge in [0, 0.05) is 39.4 Å². The highest BCUT2D eigenvalue weighted by Gasteiger charge is 2.26. The second-order valence-corrected chi connectivity index (χ2v) is 8.34. The van der Waals surface area contributed by atoms with Crippen LogP contribution in [0.2, 0.25) is 0 Å². The molecular weight excluding hydrogens is 360 g/mol. The van der Waals surface area contributed by atoms with Crippen molar-refractivity contribution in [3.05, 3.63) is 53.6 Å². The summed E-state index contributed by atoms with van der Waals surface area (Å²) in [6.07, 6.45) is 5.47. The highest BCUT2D eigenvalue weighted by atomic mass is 15.2. The molecule has 1 unspecified atom stereocenters. The molecule has 1 N–H and O–H groups in total. The van der Waals surface area contributed by atoms with E-state index in [2.05, 4.69) is 64.1 Å². The van der Waals surface area contributed by atoms with Crippen molar-refractivity contribution < 1.29 is 0 Å². The smallest absolute Gasteiger partial charge is 0.123 e. The predicted molar refractivity (Wildman–Crippen MR) is 117 cm³/mol. The molecule has 3 aromatic rings. The molecule has 1 aliphatic carbocycles. The number of pyridine rings is 1. The van der Waals surface area contributed by atoms with Crippen LogP contribution in [-0.2, 0) is 20.0 Å². The number of anilines is 1. The van der Waals surface area contributed by atoms with E-state index in [1.54, 1.807) is 0 Å². The first kappa shape index (κ1) is 18.6. The lowest BCUT2D eigenvalue weighted by molar-refractivity contribution is 0.202. The van der Waals surface area contributed by atoms with Crippen LogP contribution in [0.5, 0.6) is 0 Å². The molecule has 1 atom stereocenters. The van der Waals surface area contributed by atoms with Crippen LogP contribution in [0.25, 0.3) is 11.0 Å². The molecule has 2 aromatic heterocycles. The van der Waals surface area contributed by atoms with Gasteiger partial charge in [-0.05, 0) is 50.1 Å². The molecule has 0 saturated carbocycles. The fourth-order valence-corrected chi connectivity index (χ4v) is 4.95. The van der Waals surface area contributed by atoms with Crippen LogP contribution < -0.4 is 10.2 Å². The standard InChI is InChI=1S/C23H30N6/c1-27(19-9-3-6-17-7-5-11-25-22(17)19)16-21-26-18-8-4-10-20(23(18)28(21)2)29-14-12-24-13-15-29/h4-5,7-8,10-11,19,24H,3,6,9,12-16H2,1-2H3. The average Bonchev–Trinajstić information content (AvgIpc) is 3.09. The van der Waals surface area contributed by atoms with Crippen LogP contribution >= 0.6 is 0 Å². The first-order valence-corrected chi connectivity index (χ1v) is 10.8. The maximum Gasteiger partial charge on any atom is 0.123 e. The van der Waals surface area contributed by atoms with Gasteiger partial charge in [0.15, 0.2) is 0 Å². The molecule has 2 aliphatic rings. The summed E-state index contributed by atoms with van der Waals surface area (Å²) in [7, 11) is 4.38. The third-order valence-corrected chi connectivity index (χ3v) is 6.51. The molecular formula is C23H30N6. The number of benzene rings is 1. The summed E-state index contributed by atoms with van der Waals surface area (Å²) in [6, 6.07) is 11.2. The fourth-order valence-electron chi connectivity index (χ4n) is 4.95. The number of nitrogens with one attached hydrogen (secondary N) is 1. The van der Waals surface area contributed by atoms with Crippen LogP contribution in [0.1, 0.15) is 36.0 Å². The Balaban J connectivity index is 1.45. The van der Waals surface area contributed by atoms with Gasteiger partial charge in [-0.3, -0.25) is 9.88 Å². The van der Waals surface area contributed by atoms with E-state index in [0.29, 0.717) is 6.04 Å². The number of hydrogen-bond donors (Lipinski definition) is 1. The molecule has 1 fully saturated rings. The van der Waals surface area contributed by atoms with Crippen LogP contribution in [-0.4, -0.2) is 52.7 Å². The highest BCUT2D eigenvalue weighted by Crippen LogP contribution is 2.33. The Kier molecular flexibility index (Phi) is 4.97. The molecule has 152 valence electrons. The summed E-state index contributed by atoms with van der Waals surface area (Å²) in [4.78, 5) is 14.6. The van der Waals surface area contributed by atoms with E-state index < -0.39 is 0 Å². The Morgan fingerprint density at radius 3 is 2.90 bits per heavy atom. The number of imidazole rings is 1. The molecule has 6 nitrogen and oxygen atoms in total. The zero-order chi connectivity index (χ0) is 19.8. The quantitative estimate of drug-likeness (QED) is 0.742. The van der Waals surface area contributed by atoms with Gasteiger partial charge in [0.05, 0.1) is 35.0 Å². The lowest BCUT2D eigenvalue weighted by Crippen LogP contribution is -2.43. The molecule has 0 spiro atoms. The Morgan fingerprint density at radius 2 is 2.03 bits per heavy atom. The van der Waals surface area contributed by atoms with Gasteiger partial charge in [0.25, 0.3) is 0 Å². The number of nitrogens with zero attached hydrogens (tertiary/aromatic N) is 5. The van der Waals surface area contributed by atoms with Gasteiger partial charge in [-0.25, -0.2) is 4.98 Å². The zero-order valence-electron chi connectivity index (χ0n) is 17.4. The van der Waals surface area contributed by atoms with E-state index in [9.17, 15) is 0 Å². The number of piperazine rings is 1. The van der Waals surface area contributed by atoms with E-state index in [0.717, 1.165) is 56.9 Å². The third kappa shape index (κ3) is 3.40. The monoisotopic (exact) mass is 390 g/mol. The minimum absolute atomic E-state index is 0.368. The van der Waals surface area contributed by atoms with Gasteiger partial charge in [0.2, 0.25) is 0 Å². The highest BCUT2D eigenvalue weighted by molar-refractivity contribution is 5.89. The second-order valence-electron chi connectivity index (χ2n) is 8.34. The summed E-state index contributed by atoms with van der Waals surface area (Å²) >= 11 is 0. The molecule has 3 heterocycles. The molecule has 1 aliphatic heterocycles. The van der Waals surface area contributed by atoms with Crippen LogP contribution in [0.15, 0.2) is 36.5 Å². The SMILES string of the molecule is CN(Cc1nc2cccc(N3CCNCC3)c2n1C)C1CCCc2cccnc21.